The second kappa shape index (κ2) is 5.43. The molecule has 0 aliphatic heterocycles. The summed E-state index contributed by atoms with van der Waals surface area (Å²) in [7, 11) is 0. The monoisotopic (exact) mass is 257 g/mol. The van der Waals surface area contributed by atoms with Crippen molar-refractivity contribution in [1.29, 1.82) is 0 Å². The molecule has 0 atom stereocenters. The summed E-state index contributed by atoms with van der Waals surface area (Å²) in [5.41, 5.74) is 7.67. The fourth-order valence-corrected chi connectivity index (χ4v) is 2.92. The second-order valence-corrected chi connectivity index (χ2v) is 5.29. The van der Waals surface area contributed by atoms with E-state index in [4.69, 9.17) is 10.3 Å². The Balaban J connectivity index is 1.86. The molecule has 0 unspecified atom stereocenters. The smallest absolute Gasteiger partial charge is 0.176 e. The number of rotatable bonds is 3. The highest BCUT2D eigenvalue weighted by atomic mass is 16.5. The highest BCUT2D eigenvalue weighted by Crippen LogP contribution is 2.33. The molecule has 0 radical (unpaired) electrons. The van der Waals surface area contributed by atoms with Gasteiger partial charge in [0.05, 0.1) is 11.3 Å². The molecule has 1 saturated carbocycles. The summed E-state index contributed by atoms with van der Waals surface area (Å²) < 4.78 is 5.44. The minimum atomic E-state index is 0.449. The van der Waals surface area contributed by atoms with Gasteiger partial charge in [-0.15, -0.1) is 0 Å². The van der Waals surface area contributed by atoms with Crippen molar-refractivity contribution in [2.24, 2.45) is 5.92 Å². The number of nitrogens with zero attached hydrogens (tertiary/aromatic N) is 2. The number of nitrogens with two attached hydrogens (primary N) is 1. The SMILES string of the molecule is Nc1noc(CC2CCCCC2)c1-c1ccccn1. The number of aromatic nitrogens is 2. The van der Waals surface area contributed by atoms with Gasteiger partial charge in [-0.25, -0.2) is 0 Å². The minimum absolute atomic E-state index is 0.449. The molecule has 1 fully saturated rings. The predicted molar refractivity (Wildman–Crippen MR) is 74.4 cm³/mol. The maximum absolute atomic E-state index is 5.93. The average molecular weight is 257 g/mol. The van der Waals surface area contributed by atoms with E-state index in [-0.39, 0.29) is 0 Å². The molecule has 0 amide bonds. The molecule has 19 heavy (non-hydrogen) atoms. The Bertz CT molecular complexity index is 530. The molecule has 3 rings (SSSR count). The quantitative estimate of drug-likeness (QED) is 0.914. The van der Waals surface area contributed by atoms with Gasteiger partial charge in [0.25, 0.3) is 0 Å². The minimum Gasteiger partial charge on any atom is -0.380 e. The summed E-state index contributed by atoms with van der Waals surface area (Å²) >= 11 is 0. The number of nitrogen functional groups attached to an aromatic ring is 1. The van der Waals surface area contributed by atoms with Crippen LogP contribution < -0.4 is 5.73 Å². The average Bonchev–Trinajstić information content (AvgIpc) is 2.82. The normalized spacial score (nSPS) is 16.6. The fourth-order valence-electron chi connectivity index (χ4n) is 2.92. The number of anilines is 1. The molecule has 1 aliphatic carbocycles. The Labute approximate surface area is 113 Å². The second-order valence-electron chi connectivity index (χ2n) is 5.29. The molecule has 2 aromatic heterocycles. The molecular weight excluding hydrogens is 238 g/mol. The van der Waals surface area contributed by atoms with Crippen molar-refractivity contribution in [1.82, 2.24) is 10.1 Å². The summed E-state index contributed by atoms with van der Waals surface area (Å²) in [5.74, 6) is 2.04. The first-order valence-electron chi connectivity index (χ1n) is 7.00. The molecule has 0 aromatic carbocycles. The Kier molecular flexibility index (Phi) is 3.49. The molecular formula is C15H19N3O. The van der Waals surface area contributed by atoms with Crippen LogP contribution in [0.3, 0.4) is 0 Å². The maximum atomic E-state index is 5.93. The lowest BCUT2D eigenvalue weighted by atomic mass is 9.85. The van der Waals surface area contributed by atoms with Gasteiger partial charge in [-0.2, -0.15) is 0 Å². The Morgan fingerprint density at radius 2 is 2.05 bits per heavy atom. The molecule has 4 heteroatoms. The van der Waals surface area contributed by atoms with Crippen LogP contribution in [0.15, 0.2) is 28.9 Å². The van der Waals surface area contributed by atoms with Crippen LogP contribution in [0, 0.1) is 5.92 Å². The topological polar surface area (TPSA) is 64.9 Å². The van der Waals surface area contributed by atoms with Crippen molar-refractivity contribution in [2.75, 3.05) is 5.73 Å². The third-order valence-corrected chi connectivity index (χ3v) is 3.91. The summed E-state index contributed by atoms with van der Waals surface area (Å²) in [5, 5.41) is 3.92. The lowest BCUT2D eigenvalue weighted by Gasteiger charge is -2.20. The van der Waals surface area contributed by atoms with Crippen LogP contribution >= 0.6 is 0 Å². The first-order chi connectivity index (χ1) is 9.34. The molecule has 4 nitrogen and oxygen atoms in total. The Morgan fingerprint density at radius 1 is 1.21 bits per heavy atom. The predicted octanol–water partition coefficient (Wildman–Crippen LogP) is 3.44. The molecule has 2 aromatic rings. The van der Waals surface area contributed by atoms with Crippen LogP contribution in [0.25, 0.3) is 11.3 Å². The van der Waals surface area contributed by atoms with Gasteiger partial charge < -0.3 is 10.3 Å². The van der Waals surface area contributed by atoms with E-state index in [0.29, 0.717) is 11.7 Å². The van der Waals surface area contributed by atoms with E-state index in [9.17, 15) is 0 Å². The highest BCUT2D eigenvalue weighted by Gasteiger charge is 2.22. The Hall–Kier alpha value is -1.84. The molecule has 0 saturated heterocycles. The number of hydrogen-bond acceptors (Lipinski definition) is 4. The zero-order chi connectivity index (χ0) is 13.1. The summed E-state index contributed by atoms with van der Waals surface area (Å²) in [6.07, 6.45) is 9.27. The van der Waals surface area contributed by atoms with Crippen molar-refractivity contribution >= 4 is 5.82 Å². The van der Waals surface area contributed by atoms with Gasteiger partial charge in [-0.05, 0) is 18.1 Å². The van der Waals surface area contributed by atoms with E-state index in [1.807, 2.05) is 18.2 Å². The van der Waals surface area contributed by atoms with Gasteiger partial charge >= 0.3 is 0 Å². The van der Waals surface area contributed by atoms with Gasteiger partial charge in [0.1, 0.15) is 5.76 Å². The van der Waals surface area contributed by atoms with Crippen molar-refractivity contribution < 1.29 is 4.52 Å². The van der Waals surface area contributed by atoms with Crippen LogP contribution in [-0.2, 0) is 6.42 Å². The van der Waals surface area contributed by atoms with E-state index in [2.05, 4.69) is 10.1 Å². The summed E-state index contributed by atoms with van der Waals surface area (Å²) in [4.78, 5) is 4.36. The third-order valence-electron chi connectivity index (χ3n) is 3.91. The molecule has 1 aliphatic rings. The van der Waals surface area contributed by atoms with Gasteiger partial charge in [0.2, 0.25) is 0 Å². The molecule has 100 valence electrons. The molecule has 0 spiro atoms. The third kappa shape index (κ3) is 2.62. The lowest BCUT2D eigenvalue weighted by Crippen LogP contribution is -2.09. The van der Waals surface area contributed by atoms with E-state index < -0.39 is 0 Å². The van der Waals surface area contributed by atoms with Gasteiger partial charge in [-0.3, -0.25) is 4.98 Å². The standard InChI is InChI=1S/C15H19N3O/c16-15-14(12-8-4-5-9-17-12)13(19-18-15)10-11-6-2-1-3-7-11/h4-5,8-9,11H,1-3,6-7,10H2,(H2,16,18). The molecule has 2 heterocycles. The van der Waals surface area contributed by atoms with Crippen LogP contribution in [0.4, 0.5) is 5.82 Å². The fraction of sp³-hybridized carbons (Fsp3) is 0.467. The lowest BCUT2D eigenvalue weighted by molar-refractivity contribution is 0.311. The number of hydrogen-bond donors (Lipinski definition) is 1. The number of pyridine rings is 1. The van der Waals surface area contributed by atoms with Gasteiger partial charge in [0.15, 0.2) is 5.82 Å². The van der Waals surface area contributed by atoms with Crippen molar-refractivity contribution in [3.05, 3.63) is 30.2 Å². The largest absolute Gasteiger partial charge is 0.380 e. The van der Waals surface area contributed by atoms with Crippen LogP contribution in [0.1, 0.15) is 37.9 Å². The van der Waals surface area contributed by atoms with Crippen molar-refractivity contribution in [3.63, 3.8) is 0 Å². The van der Waals surface area contributed by atoms with Crippen molar-refractivity contribution in [2.45, 2.75) is 38.5 Å². The summed E-state index contributed by atoms with van der Waals surface area (Å²) in [6, 6.07) is 5.81. The Morgan fingerprint density at radius 3 is 2.79 bits per heavy atom. The molecule has 2 N–H and O–H groups in total. The first kappa shape index (κ1) is 12.2. The van der Waals surface area contributed by atoms with Gasteiger partial charge in [-0.1, -0.05) is 43.3 Å². The van der Waals surface area contributed by atoms with Crippen LogP contribution in [-0.4, -0.2) is 10.1 Å². The molecule has 0 bridgehead atoms. The van der Waals surface area contributed by atoms with Gasteiger partial charge in [0, 0.05) is 12.6 Å². The zero-order valence-corrected chi connectivity index (χ0v) is 11.0. The highest BCUT2D eigenvalue weighted by molar-refractivity contribution is 5.72. The maximum Gasteiger partial charge on any atom is 0.176 e. The van der Waals surface area contributed by atoms with E-state index in [1.165, 1.54) is 32.1 Å². The van der Waals surface area contributed by atoms with Crippen molar-refractivity contribution in [3.8, 4) is 11.3 Å². The van der Waals surface area contributed by atoms with E-state index in [1.54, 1.807) is 6.20 Å². The van der Waals surface area contributed by atoms with Crippen LogP contribution in [0.2, 0.25) is 0 Å². The zero-order valence-electron chi connectivity index (χ0n) is 11.0. The van der Waals surface area contributed by atoms with E-state index in [0.717, 1.165) is 23.4 Å². The van der Waals surface area contributed by atoms with E-state index >= 15 is 0 Å². The first-order valence-corrected chi connectivity index (χ1v) is 7.00. The van der Waals surface area contributed by atoms with Crippen LogP contribution in [0.5, 0.6) is 0 Å². The summed E-state index contributed by atoms with van der Waals surface area (Å²) in [6.45, 7) is 0.